The summed E-state index contributed by atoms with van der Waals surface area (Å²) < 4.78 is 0. The molecule has 0 aliphatic heterocycles. The van der Waals surface area contributed by atoms with Crippen molar-refractivity contribution < 1.29 is 39.3 Å². The maximum atomic E-state index is 13.0. The van der Waals surface area contributed by atoms with Crippen molar-refractivity contribution >= 4 is 29.7 Å². The van der Waals surface area contributed by atoms with Crippen LogP contribution in [0.1, 0.15) is 39.2 Å². The average Bonchev–Trinajstić information content (AvgIpc) is 2.80. The van der Waals surface area contributed by atoms with E-state index >= 15 is 0 Å². The molecule has 8 N–H and O–H groups in total. The van der Waals surface area contributed by atoms with Gasteiger partial charge in [-0.3, -0.25) is 19.2 Å². The number of nitrogens with two attached hydrogens (primary N) is 1. The molecule has 0 bridgehead atoms. The highest BCUT2D eigenvalue weighted by Crippen LogP contribution is 2.10. The van der Waals surface area contributed by atoms with Gasteiger partial charge in [-0.25, -0.2) is 4.79 Å². The molecule has 0 fully saturated rings. The molecule has 12 nitrogen and oxygen atoms in total. The molecule has 194 valence electrons. The monoisotopic (exact) mass is 494 g/mol. The van der Waals surface area contributed by atoms with Gasteiger partial charge in [0.1, 0.15) is 24.2 Å². The Balaban J connectivity index is 3.04. The first-order valence-electron chi connectivity index (χ1n) is 11.2. The second kappa shape index (κ2) is 14.0. The summed E-state index contributed by atoms with van der Waals surface area (Å²) in [5.41, 5.74) is 6.25. The molecule has 12 heteroatoms. The maximum Gasteiger partial charge on any atom is 0.326 e. The summed E-state index contributed by atoms with van der Waals surface area (Å²) in [5.74, 6) is -5.81. The molecule has 6 unspecified atom stereocenters. The quantitative estimate of drug-likeness (QED) is 0.169. The minimum atomic E-state index is -1.61. The van der Waals surface area contributed by atoms with Crippen LogP contribution in [0.3, 0.4) is 0 Å². The lowest BCUT2D eigenvalue weighted by Gasteiger charge is -2.28. The van der Waals surface area contributed by atoms with Crippen molar-refractivity contribution in [1.29, 1.82) is 0 Å². The molecule has 1 aromatic carbocycles. The van der Waals surface area contributed by atoms with E-state index in [4.69, 9.17) is 5.73 Å². The van der Waals surface area contributed by atoms with Crippen LogP contribution in [0.5, 0.6) is 0 Å². The van der Waals surface area contributed by atoms with E-state index in [1.807, 2.05) is 0 Å². The van der Waals surface area contributed by atoms with Gasteiger partial charge in [-0.05, 0) is 18.4 Å². The first kappa shape index (κ1) is 29.5. The highest BCUT2D eigenvalue weighted by molar-refractivity contribution is 5.95. The number of aliphatic carboxylic acids is 2. The number of carbonyl (C=O) groups excluding carboxylic acids is 3. The van der Waals surface area contributed by atoms with Crippen molar-refractivity contribution in [2.24, 2.45) is 11.7 Å². The second-order valence-corrected chi connectivity index (χ2v) is 8.39. The molecular weight excluding hydrogens is 460 g/mol. The van der Waals surface area contributed by atoms with E-state index in [0.29, 0.717) is 12.0 Å². The van der Waals surface area contributed by atoms with Gasteiger partial charge in [-0.1, -0.05) is 50.6 Å². The molecule has 3 amide bonds. The number of hydrogen-bond donors (Lipinski definition) is 7. The Morgan fingerprint density at radius 2 is 1.46 bits per heavy atom. The summed E-state index contributed by atoms with van der Waals surface area (Å²) in [7, 11) is 0. The van der Waals surface area contributed by atoms with E-state index in [0.717, 1.165) is 0 Å². The van der Waals surface area contributed by atoms with Gasteiger partial charge in [0.25, 0.3) is 0 Å². The standard InChI is InChI=1S/C23H34N4O8/c1-4-12(2)19(27-21(32)18(24)13(3)28)22(33)25-15(11-17(29)30)20(31)26-16(23(34)35)10-14-8-6-5-7-9-14/h5-9,12-13,15-16,18-19,28H,4,10-11,24H2,1-3H3,(H,25,33)(H,26,31)(H,27,32)(H,29,30)(H,34,35). The van der Waals surface area contributed by atoms with Gasteiger partial charge in [0.05, 0.1) is 12.5 Å². The Labute approximate surface area is 203 Å². The SMILES string of the molecule is CCC(C)C(NC(=O)C(N)C(C)O)C(=O)NC(CC(=O)O)C(=O)NC(Cc1ccccc1)C(=O)O. The zero-order chi connectivity index (χ0) is 26.7. The van der Waals surface area contributed by atoms with Crippen molar-refractivity contribution in [2.75, 3.05) is 0 Å². The van der Waals surface area contributed by atoms with Crippen LogP contribution < -0.4 is 21.7 Å². The number of nitrogens with one attached hydrogen (secondary N) is 3. The average molecular weight is 495 g/mol. The summed E-state index contributed by atoms with van der Waals surface area (Å²) >= 11 is 0. The van der Waals surface area contributed by atoms with Gasteiger partial charge in [0, 0.05) is 6.42 Å². The highest BCUT2D eigenvalue weighted by Gasteiger charge is 2.34. The lowest BCUT2D eigenvalue weighted by Crippen LogP contribution is -2.60. The molecule has 0 spiro atoms. The fraction of sp³-hybridized carbons (Fsp3) is 0.522. The molecule has 35 heavy (non-hydrogen) atoms. The predicted octanol–water partition coefficient (Wildman–Crippen LogP) is -1.00. The van der Waals surface area contributed by atoms with Crippen LogP contribution in [0.15, 0.2) is 30.3 Å². The zero-order valence-corrected chi connectivity index (χ0v) is 19.9. The first-order valence-corrected chi connectivity index (χ1v) is 11.2. The first-order chi connectivity index (χ1) is 16.4. The van der Waals surface area contributed by atoms with Crippen molar-refractivity contribution in [3.63, 3.8) is 0 Å². The molecule has 1 rings (SSSR count). The molecule has 0 saturated carbocycles. The highest BCUT2D eigenvalue weighted by atomic mass is 16.4. The Kier molecular flexibility index (Phi) is 11.8. The van der Waals surface area contributed by atoms with E-state index in [1.165, 1.54) is 6.92 Å². The molecular formula is C23H34N4O8. The van der Waals surface area contributed by atoms with Crippen LogP contribution >= 0.6 is 0 Å². The van der Waals surface area contributed by atoms with Gasteiger partial charge in [-0.15, -0.1) is 0 Å². The lowest BCUT2D eigenvalue weighted by molar-refractivity contribution is -0.143. The van der Waals surface area contributed by atoms with Gasteiger partial charge < -0.3 is 37.0 Å². The van der Waals surface area contributed by atoms with Gasteiger partial charge >= 0.3 is 11.9 Å². The van der Waals surface area contributed by atoms with Crippen molar-refractivity contribution in [3.8, 4) is 0 Å². The number of amides is 3. The van der Waals surface area contributed by atoms with Crippen LogP contribution in [0.2, 0.25) is 0 Å². The number of carboxylic acid groups (broad SMARTS) is 2. The predicted molar refractivity (Wildman–Crippen MR) is 125 cm³/mol. The largest absolute Gasteiger partial charge is 0.481 e. The maximum absolute atomic E-state index is 13.0. The number of carboxylic acids is 2. The van der Waals surface area contributed by atoms with Gasteiger partial charge in [-0.2, -0.15) is 0 Å². The Morgan fingerprint density at radius 1 is 0.886 bits per heavy atom. The molecule has 0 aliphatic carbocycles. The number of aliphatic hydroxyl groups excluding tert-OH is 1. The Morgan fingerprint density at radius 3 is 1.94 bits per heavy atom. The van der Waals surface area contributed by atoms with E-state index in [-0.39, 0.29) is 6.42 Å². The molecule has 0 heterocycles. The minimum Gasteiger partial charge on any atom is -0.481 e. The molecule has 0 saturated heterocycles. The van der Waals surface area contributed by atoms with Crippen LogP contribution in [0.4, 0.5) is 0 Å². The summed E-state index contributed by atoms with van der Waals surface area (Å²) in [5, 5.41) is 35.3. The number of hydrogen-bond acceptors (Lipinski definition) is 7. The summed E-state index contributed by atoms with van der Waals surface area (Å²) in [6, 6.07) is 3.05. The Bertz CT molecular complexity index is 893. The number of carbonyl (C=O) groups is 5. The summed E-state index contributed by atoms with van der Waals surface area (Å²) in [6.07, 6.45) is -1.61. The van der Waals surface area contributed by atoms with Crippen LogP contribution in [0.25, 0.3) is 0 Å². The van der Waals surface area contributed by atoms with Gasteiger partial charge in [0.2, 0.25) is 17.7 Å². The Hall–Kier alpha value is -3.51. The molecule has 6 atom stereocenters. The van der Waals surface area contributed by atoms with Crippen molar-refractivity contribution in [2.45, 2.75) is 70.3 Å². The third-order valence-corrected chi connectivity index (χ3v) is 5.52. The molecule has 0 aliphatic rings. The lowest BCUT2D eigenvalue weighted by atomic mass is 9.97. The van der Waals surface area contributed by atoms with Crippen molar-refractivity contribution in [1.82, 2.24) is 16.0 Å². The second-order valence-electron chi connectivity index (χ2n) is 8.39. The van der Waals surface area contributed by atoms with Crippen LogP contribution in [-0.4, -0.2) is 75.3 Å². The third-order valence-electron chi connectivity index (χ3n) is 5.52. The van der Waals surface area contributed by atoms with Crippen molar-refractivity contribution in [3.05, 3.63) is 35.9 Å². The molecule has 0 aromatic heterocycles. The molecule has 0 radical (unpaired) electrons. The fourth-order valence-corrected chi connectivity index (χ4v) is 3.14. The number of aliphatic hydroxyl groups is 1. The smallest absolute Gasteiger partial charge is 0.326 e. The minimum absolute atomic E-state index is 0.0571. The number of benzene rings is 1. The summed E-state index contributed by atoms with van der Waals surface area (Å²) in [4.78, 5) is 61.1. The topological polar surface area (TPSA) is 208 Å². The zero-order valence-electron chi connectivity index (χ0n) is 19.9. The van der Waals surface area contributed by atoms with Gasteiger partial charge in [0.15, 0.2) is 0 Å². The molecule has 1 aromatic rings. The van der Waals surface area contributed by atoms with E-state index in [9.17, 15) is 39.3 Å². The van der Waals surface area contributed by atoms with Crippen LogP contribution in [0, 0.1) is 5.92 Å². The number of rotatable bonds is 14. The van der Waals surface area contributed by atoms with E-state index in [2.05, 4.69) is 16.0 Å². The fourth-order valence-electron chi connectivity index (χ4n) is 3.14. The third kappa shape index (κ3) is 9.71. The normalized spacial score (nSPS) is 16.0. The van der Waals surface area contributed by atoms with Crippen LogP contribution in [-0.2, 0) is 30.4 Å². The van der Waals surface area contributed by atoms with E-state index < -0.39 is 72.3 Å². The summed E-state index contributed by atoms with van der Waals surface area (Å²) in [6.45, 7) is 4.73. The van der Waals surface area contributed by atoms with E-state index in [1.54, 1.807) is 44.2 Å².